The minimum absolute atomic E-state index is 0. The van der Waals surface area contributed by atoms with Gasteiger partial charge in [-0.15, -0.1) is 12.4 Å². The van der Waals surface area contributed by atoms with Crippen LogP contribution in [0.25, 0.3) is 0 Å². The lowest BCUT2D eigenvalue weighted by molar-refractivity contribution is 0.100. The van der Waals surface area contributed by atoms with Crippen LogP contribution < -0.4 is 11.5 Å². The molecule has 1 aliphatic rings. The highest BCUT2D eigenvalue weighted by molar-refractivity contribution is 5.92. The molecule has 1 atom stereocenters. The fraction of sp³-hybridized carbons (Fsp3) is 0.500. The standard InChI is InChI=1S/C14H21N3O.ClH/c1-14(9-15)6-7-17(10-14)8-11-2-4-12(5-3-11)13(16)18;/h2-5H,6-10,15H2,1H3,(H2,16,18);1H. The van der Waals surface area contributed by atoms with E-state index in [0.717, 1.165) is 32.6 Å². The summed E-state index contributed by atoms with van der Waals surface area (Å²) in [5.41, 5.74) is 13.0. The number of rotatable bonds is 4. The van der Waals surface area contributed by atoms with Crippen LogP contribution in [0.2, 0.25) is 0 Å². The summed E-state index contributed by atoms with van der Waals surface area (Å²) in [6.45, 7) is 6.02. The minimum atomic E-state index is -0.376. The van der Waals surface area contributed by atoms with Crippen molar-refractivity contribution in [2.24, 2.45) is 16.9 Å². The van der Waals surface area contributed by atoms with Gasteiger partial charge in [-0.05, 0) is 42.6 Å². The summed E-state index contributed by atoms with van der Waals surface area (Å²) in [5, 5.41) is 0. The predicted molar refractivity (Wildman–Crippen MR) is 79.3 cm³/mol. The number of amides is 1. The van der Waals surface area contributed by atoms with E-state index in [4.69, 9.17) is 11.5 Å². The number of carbonyl (C=O) groups is 1. The van der Waals surface area contributed by atoms with Gasteiger partial charge in [-0.25, -0.2) is 0 Å². The molecule has 4 nitrogen and oxygen atoms in total. The fourth-order valence-corrected chi connectivity index (χ4v) is 2.46. The Morgan fingerprint density at radius 1 is 1.37 bits per heavy atom. The summed E-state index contributed by atoms with van der Waals surface area (Å²) in [7, 11) is 0. The minimum Gasteiger partial charge on any atom is -0.366 e. The van der Waals surface area contributed by atoms with Gasteiger partial charge < -0.3 is 11.5 Å². The molecule has 1 heterocycles. The van der Waals surface area contributed by atoms with Gasteiger partial charge >= 0.3 is 0 Å². The summed E-state index contributed by atoms with van der Waals surface area (Å²) >= 11 is 0. The Bertz CT molecular complexity index is 435. The summed E-state index contributed by atoms with van der Waals surface area (Å²) < 4.78 is 0. The summed E-state index contributed by atoms with van der Waals surface area (Å²) in [6, 6.07) is 7.52. The first-order chi connectivity index (χ1) is 8.52. The van der Waals surface area contributed by atoms with E-state index in [-0.39, 0.29) is 23.7 Å². The van der Waals surface area contributed by atoms with Crippen molar-refractivity contribution in [2.45, 2.75) is 19.9 Å². The molecule has 2 rings (SSSR count). The number of nitrogens with two attached hydrogens (primary N) is 2. The van der Waals surface area contributed by atoms with Gasteiger partial charge in [0.05, 0.1) is 0 Å². The fourth-order valence-electron chi connectivity index (χ4n) is 2.46. The first-order valence-corrected chi connectivity index (χ1v) is 6.34. The molecule has 1 saturated heterocycles. The van der Waals surface area contributed by atoms with Crippen LogP contribution in [0.15, 0.2) is 24.3 Å². The molecule has 0 aliphatic carbocycles. The van der Waals surface area contributed by atoms with E-state index >= 15 is 0 Å². The van der Waals surface area contributed by atoms with Crippen molar-refractivity contribution >= 4 is 18.3 Å². The van der Waals surface area contributed by atoms with Gasteiger partial charge in [0, 0.05) is 18.7 Å². The average molecular weight is 284 g/mol. The van der Waals surface area contributed by atoms with E-state index in [1.54, 1.807) is 12.1 Å². The number of halogens is 1. The predicted octanol–water partition coefficient (Wildman–Crippen LogP) is 1.38. The van der Waals surface area contributed by atoms with Crippen molar-refractivity contribution in [1.29, 1.82) is 0 Å². The normalized spacial score (nSPS) is 23.1. The van der Waals surface area contributed by atoms with Crippen LogP contribution >= 0.6 is 12.4 Å². The van der Waals surface area contributed by atoms with Gasteiger partial charge in [0.15, 0.2) is 0 Å². The quantitative estimate of drug-likeness (QED) is 0.877. The van der Waals surface area contributed by atoms with E-state index in [0.29, 0.717) is 5.56 Å². The molecular weight excluding hydrogens is 262 g/mol. The smallest absolute Gasteiger partial charge is 0.248 e. The van der Waals surface area contributed by atoms with E-state index in [1.165, 1.54) is 5.56 Å². The Morgan fingerprint density at radius 2 is 2.00 bits per heavy atom. The van der Waals surface area contributed by atoms with Gasteiger partial charge in [0.2, 0.25) is 5.91 Å². The lowest BCUT2D eigenvalue weighted by Crippen LogP contribution is -2.31. The maximum Gasteiger partial charge on any atom is 0.248 e. The SMILES string of the molecule is CC1(CN)CCN(Cc2ccc(C(N)=O)cc2)C1.Cl. The second-order valence-electron chi connectivity index (χ2n) is 5.54. The molecule has 1 unspecified atom stereocenters. The largest absolute Gasteiger partial charge is 0.366 e. The molecule has 0 aromatic heterocycles. The van der Waals surface area contributed by atoms with Gasteiger partial charge in [0.1, 0.15) is 0 Å². The Balaban J connectivity index is 0.00000180. The Kier molecular flexibility index (Phi) is 5.35. The van der Waals surface area contributed by atoms with Crippen molar-refractivity contribution < 1.29 is 4.79 Å². The van der Waals surface area contributed by atoms with E-state index < -0.39 is 0 Å². The van der Waals surface area contributed by atoms with E-state index in [1.807, 2.05) is 12.1 Å². The highest BCUT2D eigenvalue weighted by Gasteiger charge is 2.32. The third kappa shape index (κ3) is 3.93. The van der Waals surface area contributed by atoms with Crippen LogP contribution in [-0.2, 0) is 6.54 Å². The third-order valence-electron chi connectivity index (χ3n) is 3.77. The summed E-state index contributed by atoms with van der Waals surface area (Å²) in [4.78, 5) is 13.4. The number of hydrogen-bond acceptors (Lipinski definition) is 3. The molecule has 5 heteroatoms. The molecule has 1 amide bonds. The average Bonchev–Trinajstić information content (AvgIpc) is 2.72. The van der Waals surface area contributed by atoms with Crippen LogP contribution in [0.1, 0.15) is 29.3 Å². The Hall–Kier alpha value is -1.10. The zero-order valence-electron chi connectivity index (χ0n) is 11.3. The van der Waals surface area contributed by atoms with Crippen molar-refractivity contribution in [3.05, 3.63) is 35.4 Å². The highest BCUT2D eigenvalue weighted by Crippen LogP contribution is 2.29. The summed E-state index contributed by atoms with van der Waals surface area (Å²) in [5.74, 6) is -0.376. The first-order valence-electron chi connectivity index (χ1n) is 6.34. The number of nitrogens with zero attached hydrogens (tertiary/aromatic N) is 1. The zero-order chi connectivity index (χ0) is 13.2. The third-order valence-corrected chi connectivity index (χ3v) is 3.77. The molecule has 0 radical (unpaired) electrons. The van der Waals surface area contributed by atoms with Gasteiger partial charge in [0.25, 0.3) is 0 Å². The number of primary amides is 1. The van der Waals surface area contributed by atoms with Crippen molar-refractivity contribution in [3.63, 3.8) is 0 Å². The van der Waals surface area contributed by atoms with Crippen molar-refractivity contribution in [2.75, 3.05) is 19.6 Å². The Morgan fingerprint density at radius 3 is 2.47 bits per heavy atom. The number of likely N-dealkylation sites (tertiary alicyclic amines) is 1. The number of hydrogen-bond donors (Lipinski definition) is 2. The zero-order valence-corrected chi connectivity index (χ0v) is 12.1. The molecular formula is C14H22ClN3O. The van der Waals surface area contributed by atoms with E-state index in [2.05, 4.69) is 11.8 Å². The summed E-state index contributed by atoms with van der Waals surface area (Å²) in [6.07, 6.45) is 1.16. The number of benzene rings is 1. The van der Waals surface area contributed by atoms with Gasteiger partial charge in [-0.2, -0.15) is 0 Å². The van der Waals surface area contributed by atoms with Crippen molar-refractivity contribution in [1.82, 2.24) is 4.90 Å². The maximum atomic E-state index is 11.0. The van der Waals surface area contributed by atoms with Crippen LogP contribution in [0.3, 0.4) is 0 Å². The molecule has 0 saturated carbocycles. The monoisotopic (exact) mass is 283 g/mol. The molecule has 0 spiro atoms. The molecule has 4 N–H and O–H groups in total. The molecule has 1 aliphatic heterocycles. The van der Waals surface area contributed by atoms with Crippen molar-refractivity contribution in [3.8, 4) is 0 Å². The topological polar surface area (TPSA) is 72.3 Å². The molecule has 1 fully saturated rings. The molecule has 19 heavy (non-hydrogen) atoms. The second-order valence-corrected chi connectivity index (χ2v) is 5.54. The second kappa shape index (κ2) is 6.37. The molecule has 106 valence electrons. The van der Waals surface area contributed by atoms with Gasteiger partial charge in [-0.3, -0.25) is 9.69 Å². The maximum absolute atomic E-state index is 11.0. The lowest BCUT2D eigenvalue weighted by Gasteiger charge is -2.22. The molecule has 1 aromatic carbocycles. The van der Waals surface area contributed by atoms with Crippen LogP contribution in [0.5, 0.6) is 0 Å². The lowest BCUT2D eigenvalue weighted by atomic mass is 9.90. The Labute approximate surface area is 120 Å². The van der Waals surface area contributed by atoms with E-state index in [9.17, 15) is 4.79 Å². The van der Waals surface area contributed by atoms with Crippen LogP contribution in [0, 0.1) is 5.41 Å². The molecule has 0 bridgehead atoms. The van der Waals surface area contributed by atoms with Crippen LogP contribution in [-0.4, -0.2) is 30.4 Å². The van der Waals surface area contributed by atoms with Gasteiger partial charge in [-0.1, -0.05) is 19.1 Å². The highest BCUT2D eigenvalue weighted by atomic mass is 35.5. The number of carbonyl (C=O) groups excluding carboxylic acids is 1. The van der Waals surface area contributed by atoms with Crippen LogP contribution in [0.4, 0.5) is 0 Å². The first kappa shape index (κ1) is 16.0. The molecule has 1 aromatic rings.